The van der Waals surface area contributed by atoms with Crippen LogP contribution < -0.4 is 10.2 Å². The van der Waals surface area contributed by atoms with Gasteiger partial charge in [0.1, 0.15) is 18.5 Å². The lowest BCUT2D eigenvalue weighted by atomic mass is 10.1. The molecule has 7 nitrogen and oxygen atoms in total. The fraction of sp³-hybridized carbons (Fsp3) is 0.278. The Morgan fingerprint density at radius 2 is 2.03 bits per heavy atom. The van der Waals surface area contributed by atoms with Crippen LogP contribution in [0.25, 0.3) is 0 Å². The Labute approximate surface area is 168 Å². The number of benzene rings is 1. The summed E-state index contributed by atoms with van der Waals surface area (Å²) in [6, 6.07) is 5.40. The standard InChI is InChI=1S/C18H14F3N7S/c19-18(20,21)14-6-12(4-3-11(14)7-22)28-5-1-2-13-15(8-28)23-9-24-16(13)27-17-25-10-26-29-17/h3-4,6,9-10H,1-2,5,8H2,(H,23,24,25,26,27). The second kappa shape index (κ2) is 7.63. The predicted molar refractivity (Wildman–Crippen MR) is 101 cm³/mol. The van der Waals surface area contributed by atoms with E-state index in [2.05, 4.69) is 24.6 Å². The van der Waals surface area contributed by atoms with Crippen molar-refractivity contribution >= 4 is 28.2 Å². The third-order valence-electron chi connectivity index (χ3n) is 4.61. The van der Waals surface area contributed by atoms with E-state index in [0.717, 1.165) is 17.3 Å². The summed E-state index contributed by atoms with van der Waals surface area (Å²) in [5.74, 6) is 0.629. The maximum atomic E-state index is 13.3. The van der Waals surface area contributed by atoms with E-state index in [1.165, 1.54) is 30.3 Å². The first kappa shape index (κ1) is 19.1. The van der Waals surface area contributed by atoms with E-state index in [1.54, 1.807) is 12.1 Å². The van der Waals surface area contributed by atoms with Crippen molar-refractivity contribution in [2.24, 2.45) is 0 Å². The van der Waals surface area contributed by atoms with Crippen LogP contribution in [0.2, 0.25) is 0 Å². The van der Waals surface area contributed by atoms with E-state index >= 15 is 0 Å². The summed E-state index contributed by atoms with van der Waals surface area (Å²) >= 11 is 1.20. The van der Waals surface area contributed by atoms with Crippen molar-refractivity contribution in [2.45, 2.75) is 25.6 Å². The van der Waals surface area contributed by atoms with Crippen LogP contribution in [0.3, 0.4) is 0 Å². The zero-order valence-electron chi connectivity index (χ0n) is 14.9. The molecule has 148 valence electrons. The first-order valence-electron chi connectivity index (χ1n) is 8.68. The Morgan fingerprint density at radius 3 is 2.76 bits per heavy atom. The van der Waals surface area contributed by atoms with Gasteiger partial charge in [-0.05, 0) is 31.0 Å². The molecule has 2 aromatic heterocycles. The van der Waals surface area contributed by atoms with Crippen LogP contribution in [-0.2, 0) is 19.1 Å². The number of hydrogen-bond acceptors (Lipinski definition) is 8. The van der Waals surface area contributed by atoms with E-state index in [9.17, 15) is 13.2 Å². The van der Waals surface area contributed by atoms with Gasteiger partial charge in [0.05, 0.1) is 29.4 Å². The average Bonchev–Trinajstić information content (AvgIpc) is 3.10. The van der Waals surface area contributed by atoms with Gasteiger partial charge in [0.2, 0.25) is 5.13 Å². The van der Waals surface area contributed by atoms with Crippen LogP contribution in [-0.4, -0.2) is 25.9 Å². The molecule has 0 saturated heterocycles. The smallest absolute Gasteiger partial charge is 0.366 e. The molecule has 3 heterocycles. The molecule has 0 spiro atoms. The topological polar surface area (TPSA) is 90.6 Å². The summed E-state index contributed by atoms with van der Waals surface area (Å²) in [4.78, 5) is 14.6. The molecule has 0 bridgehead atoms. The lowest BCUT2D eigenvalue weighted by Gasteiger charge is -2.24. The Hall–Kier alpha value is -3.26. The number of halogens is 3. The number of alkyl halides is 3. The molecule has 0 unspecified atom stereocenters. The van der Waals surface area contributed by atoms with Crippen LogP contribution in [0.15, 0.2) is 30.9 Å². The Morgan fingerprint density at radius 1 is 1.17 bits per heavy atom. The van der Waals surface area contributed by atoms with Crippen molar-refractivity contribution in [3.8, 4) is 6.07 Å². The van der Waals surface area contributed by atoms with Crippen molar-refractivity contribution < 1.29 is 13.2 Å². The lowest BCUT2D eigenvalue weighted by Crippen LogP contribution is -2.23. The highest BCUT2D eigenvalue weighted by molar-refractivity contribution is 7.09. The van der Waals surface area contributed by atoms with Crippen LogP contribution in [0, 0.1) is 11.3 Å². The zero-order chi connectivity index (χ0) is 20.4. The molecule has 3 aromatic rings. The quantitative estimate of drug-likeness (QED) is 0.691. The van der Waals surface area contributed by atoms with Gasteiger partial charge in [0.25, 0.3) is 0 Å². The van der Waals surface area contributed by atoms with E-state index < -0.39 is 11.7 Å². The minimum Gasteiger partial charge on any atom is -0.366 e. The van der Waals surface area contributed by atoms with Crippen molar-refractivity contribution in [1.82, 2.24) is 19.3 Å². The second-order valence-corrected chi connectivity index (χ2v) is 7.16. The second-order valence-electron chi connectivity index (χ2n) is 6.38. The molecule has 1 N–H and O–H groups in total. The molecule has 11 heteroatoms. The molecule has 0 atom stereocenters. The largest absolute Gasteiger partial charge is 0.417 e. The van der Waals surface area contributed by atoms with E-state index in [0.29, 0.717) is 42.6 Å². The van der Waals surface area contributed by atoms with Gasteiger partial charge in [0.15, 0.2) is 0 Å². The maximum Gasteiger partial charge on any atom is 0.417 e. The molecule has 0 fully saturated rings. The van der Waals surface area contributed by atoms with Gasteiger partial charge < -0.3 is 10.2 Å². The summed E-state index contributed by atoms with van der Waals surface area (Å²) < 4.78 is 43.9. The molecule has 0 radical (unpaired) electrons. The molecule has 0 saturated carbocycles. The molecule has 4 rings (SSSR count). The lowest BCUT2D eigenvalue weighted by molar-refractivity contribution is -0.137. The molecular formula is C18H14F3N7S. The summed E-state index contributed by atoms with van der Waals surface area (Å²) in [7, 11) is 0. The van der Waals surface area contributed by atoms with Crippen molar-refractivity contribution in [3.63, 3.8) is 0 Å². The first-order valence-corrected chi connectivity index (χ1v) is 9.46. The monoisotopic (exact) mass is 417 g/mol. The Bertz CT molecular complexity index is 1060. The third kappa shape index (κ3) is 3.97. The third-order valence-corrected chi connectivity index (χ3v) is 5.19. The highest BCUT2D eigenvalue weighted by Gasteiger charge is 2.34. The highest BCUT2D eigenvalue weighted by Crippen LogP contribution is 2.35. The number of nitrogens with one attached hydrogen (secondary N) is 1. The number of rotatable bonds is 3. The van der Waals surface area contributed by atoms with Gasteiger partial charge in [-0.15, -0.1) is 0 Å². The molecule has 1 aliphatic rings. The minimum absolute atomic E-state index is 0.339. The van der Waals surface area contributed by atoms with Crippen LogP contribution in [0.1, 0.15) is 28.8 Å². The molecule has 0 aliphatic carbocycles. The Kier molecular flexibility index (Phi) is 5.02. The normalized spacial score (nSPS) is 14.1. The molecular weight excluding hydrogens is 403 g/mol. The van der Waals surface area contributed by atoms with Crippen LogP contribution in [0.4, 0.5) is 29.8 Å². The predicted octanol–water partition coefficient (Wildman–Crippen LogP) is 3.91. The van der Waals surface area contributed by atoms with Gasteiger partial charge in [-0.3, -0.25) is 0 Å². The first-order chi connectivity index (χ1) is 14.0. The van der Waals surface area contributed by atoms with E-state index in [-0.39, 0.29) is 5.56 Å². The van der Waals surface area contributed by atoms with E-state index in [4.69, 9.17) is 5.26 Å². The van der Waals surface area contributed by atoms with Crippen LogP contribution in [0.5, 0.6) is 0 Å². The van der Waals surface area contributed by atoms with Gasteiger partial charge in [0, 0.05) is 29.3 Å². The number of nitriles is 1. The summed E-state index contributed by atoms with van der Waals surface area (Å²) in [6.45, 7) is 0.893. The summed E-state index contributed by atoms with van der Waals surface area (Å²) in [6.07, 6.45) is -0.335. The average molecular weight is 417 g/mol. The summed E-state index contributed by atoms with van der Waals surface area (Å²) in [5, 5.41) is 12.7. The summed E-state index contributed by atoms with van der Waals surface area (Å²) in [5.41, 5.74) is 0.740. The SMILES string of the molecule is N#Cc1ccc(N2CCCc3c(ncnc3Nc3ncns3)C2)cc1C(F)(F)F. The van der Waals surface area contributed by atoms with Gasteiger partial charge in [-0.2, -0.15) is 22.8 Å². The zero-order valence-corrected chi connectivity index (χ0v) is 15.8. The Balaban J connectivity index is 1.66. The minimum atomic E-state index is -4.59. The maximum absolute atomic E-state index is 13.3. The fourth-order valence-corrected chi connectivity index (χ4v) is 3.70. The number of hydrogen-bond donors (Lipinski definition) is 1. The van der Waals surface area contributed by atoms with E-state index in [1.807, 2.05) is 4.90 Å². The van der Waals surface area contributed by atoms with Gasteiger partial charge >= 0.3 is 6.18 Å². The fourth-order valence-electron chi connectivity index (χ4n) is 3.27. The van der Waals surface area contributed by atoms with Crippen LogP contribution >= 0.6 is 11.5 Å². The van der Waals surface area contributed by atoms with Crippen molar-refractivity contribution in [1.29, 1.82) is 5.26 Å². The number of anilines is 3. The highest BCUT2D eigenvalue weighted by atomic mass is 32.1. The number of nitrogens with zero attached hydrogens (tertiary/aromatic N) is 6. The molecule has 1 aliphatic heterocycles. The number of fused-ring (bicyclic) bond motifs is 1. The van der Waals surface area contributed by atoms with Crippen molar-refractivity contribution in [3.05, 3.63) is 53.2 Å². The molecule has 0 amide bonds. The van der Waals surface area contributed by atoms with Gasteiger partial charge in [-0.25, -0.2) is 15.0 Å². The van der Waals surface area contributed by atoms with Crippen molar-refractivity contribution in [2.75, 3.05) is 16.8 Å². The molecule has 1 aromatic carbocycles. The van der Waals surface area contributed by atoms with Gasteiger partial charge in [-0.1, -0.05) is 0 Å². The molecule has 29 heavy (non-hydrogen) atoms. The number of aromatic nitrogens is 4.